The molecule has 0 N–H and O–H groups in total. The number of alkyl halides is 2. The monoisotopic (exact) mass is 307 g/mol. The Morgan fingerprint density at radius 3 is 2.73 bits per heavy atom. The third-order valence-electron chi connectivity index (χ3n) is 4.66. The van der Waals surface area contributed by atoms with Crippen LogP contribution < -0.4 is 0 Å². The number of halogens is 3. The molecule has 1 aromatic carbocycles. The fourth-order valence-electron chi connectivity index (χ4n) is 3.29. The maximum Gasteiger partial charge on any atom is 0.252 e. The maximum atomic E-state index is 14.0. The van der Waals surface area contributed by atoms with Crippen LogP contribution in [0.4, 0.5) is 13.2 Å². The van der Waals surface area contributed by atoms with Crippen LogP contribution in [-0.4, -0.2) is 20.7 Å². The van der Waals surface area contributed by atoms with Crippen molar-refractivity contribution in [3.8, 4) is 0 Å². The van der Waals surface area contributed by atoms with Crippen molar-refractivity contribution in [2.45, 2.75) is 44.1 Å². The summed E-state index contributed by atoms with van der Waals surface area (Å²) in [5.74, 6) is -2.11. The number of nitrogens with zero attached hydrogens (tertiary/aromatic N) is 3. The van der Waals surface area contributed by atoms with Gasteiger partial charge in [0.1, 0.15) is 11.6 Å². The number of hydrogen-bond donors (Lipinski definition) is 0. The second-order valence-corrected chi connectivity index (χ2v) is 6.37. The zero-order chi connectivity index (χ0) is 15.5. The summed E-state index contributed by atoms with van der Waals surface area (Å²) in [6.45, 7) is 2.01. The van der Waals surface area contributed by atoms with Gasteiger partial charge in [-0.1, -0.05) is 25.1 Å². The highest BCUT2D eigenvalue weighted by atomic mass is 19.3. The van der Waals surface area contributed by atoms with Gasteiger partial charge in [0.2, 0.25) is 0 Å². The zero-order valence-corrected chi connectivity index (χ0v) is 12.1. The van der Waals surface area contributed by atoms with E-state index < -0.39 is 11.8 Å². The predicted molar refractivity (Wildman–Crippen MR) is 74.4 cm³/mol. The first-order valence-corrected chi connectivity index (χ1v) is 7.53. The highest BCUT2D eigenvalue weighted by Gasteiger charge is 2.57. The van der Waals surface area contributed by atoms with Gasteiger partial charge >= 0.3 is 0 Å². The minimum atomic E-state index is -2.56. The van der Waals surface area contributed by atoms with Crippen LogP contribution in [-0.2, 0) is 6.42 Å². The van der Waals surface area contributed by atoms with Gasteiger partial charge in [-0.15, -0.1) is 0 Å². The molecule has 0 amide bonds. The van der Waals surface area contributed by atoms with Gasteiger partial charge in [-0.05, 0) is 12.5 Å². The van der Waals surface area contributed by atoms with Crippen molar-refractivity contribution in [3.63, 3.8) is 0 Å². The summed E-state index contributed by atoms with van der Waals surface area (Å²) in [5.41, 5.74) is 0.585. The average Bonchev–Trinajstić information content (AvgIpc) is 2.81. The summed E-state index contributed by atoms with van der Waals surface area (Å²) in [6, 6.07) is 6.43. The molecule has 2 aliphatic rings. The first kappa shape index (κ1) is 13.8. The molecule has 0 bridgehead atoms. The van der Waals surface area contributed by atoms with Crippen molar-refractivity contribution in [1.82, 2.24) is 14.8 Å². The smallest absolute Gasteiger partial charge is 0.242 e. The van der Waals surface area contributed by atoms with Crippen LogP contribution in [0.1, 0.15) is 48.9 Å². The first-order valence-electron chi connectivity index (χ1n) is 7.53. The molecule has 1 aliphatic carbocycles. The summed E-state index contributed by atoms with van der Waals surface area (Å²) in [4.78, 5) is 4.42. The highest BCUT2D eigenvalue weighted by Crippen LogP contribution is 2.50. The van der Waals surface area contributed by atoms with Crippen LogP contribution in [0, 0.1) is 11.7 Å². The summed E-state index contributed by atoms with van der Waals surface area (Å²) < 4.78 is 41.8. The normalized spacial score (nSPS) is 28.6. The van der Waals surface area contributed by atoms with E-state index in [1.54, 1.807) is 22.9 Å². The van der Waals surface area contributed by atoms with Gasteiger partial charge < -0.3 is 0 Å². The summed E-state index contributed by atoms with van der Waals surface area (Å²) >= 11 is 0. The van der Waals surface area contributed by atoms with E-state index in [1.807, 2.05) is 6.92 Å². The molecule has 1 aliphatic heterocycles. The van der Waals surface area contributed by atoms with Crippen LogP contribution in [0.15, 0.2) is 24.3 Å². The summed E-state index contributed by atoms with van der Waals surface area (Å²) in [7, 11) is 0. The molecule has 1 unspecified atom stereocenters. The van der Waals surface area contributed by atoms with Crippen LogP contribution in [0.25, 0.3) is 0 Å². The Labute approximate surface area is 126 Å². The number of rotatable bonds is 3. The zero-order valence-electron chi connectivity index (χ0n) is 12.1. The van der Waals surface area contributed by atoms with E-state index in [2.05, 4.69) is 10.1 Å². The van der Waals surface area contributed by atoms with Crippen molar-refractivity contribution < 1.29 is 13.2 Å². The molecule has 3 nitrogen and oxygen atoms in total. The molecule has 2 heterocycles. The molecule has 3 atom stereocenters. The molecule has 1 fully saturated rings. The van der Waals surface area contributed by atoms with Crippen molar-refractivity contribution in [2.24, 2.45) is 5.92 Å². The number of benzene rings is 1. The van der Waals surface area contributed by atoms with Gasteiger partial charge in [0, 0.05) is 30.2 Å². The Bertz CT molecular complexity index is 725. The topological polar surface area (TPSA) is 30.7 Å². The quantitative estimate of drug-likeness (QED) is 0.865. The van der Waals surface area contributed by atoms with Gasteiger partial charge in [0.15, 0.2) is 5.82 Å². The lowest BCUT2D eigenvalue weighted by Crippen LogP contribution is -2.10. The number of fused-ring (bicyclic) bond motifs is 1. The van der Waals surface area contributed by atoms with Crippen molar-refractivity contribution >= 4 is 0 Å². The SMILES string of the molecule is C[C@H]1C[C@@H](c2ccccc2F)n2nc(CC3CC3(F)F)nc21. The molecule has 0 spiro atoms. The van der Waals surface area contributed by atoms with Crippen LogP contribution in [0.3, 0.4) is 0 Å². The average molecular weight is 307 g/mol. The van der Waals surface area contributed by atoms with Crippen LogP contribution >= 0.6 is 0 Å². The standard InChI is InChI=1S/C16H16F3N3/c1-9-6-13(11-4-2-3-5-12(11)17)22-15(9)20-14(21-22)7-10-8-16(10,18)19/h2-5,9-10,13H,6-8H2,1H3/t9-,10?,13-/m0/s1. The molecule has 0 saturated heterocycles. The van der Waals surface area contributed by atoms with Crippen molar-refractivity contribution in [1.29, 1.82) is 0 Å². The van der Waals surface area contributed by atoms with Crippen LogP contribution in [0.2, 0.25) is 0 Å². The molecule has 1 saturated carbocycles. The molecule has 2 aromatic rings. The third-order valence-corrected chi connectivity index (χ3v) is 4.66. The Morgan fingerprint density at radius 1 is 1.32 bits per heavy atom. The Hall–Kier alpha value is -1.85. The first-order chi connectivity index (χ1) is 10.5. The Morgan fingerprint density at radius 2 is 2.05 bits per heavy atom. The molecule has 22 heavy (non-hydrogen) atoms. The van der Waals surface area contributed by atoms with Crippen LogP contribution in [0.5, 0.6) is 0 Å². The fourth-order valence-corrected chi connectivity index (χ4v) is 3.29. The lowest BCUT2D eigenvalue weighted by molar-refractivity contribution is 0.0984. The van der Waals surface area contributed by atoms with Gasteiger partial charge in [0.25, 0.3) is 5.92 Å². The number of hydrogen-bond acceptors (Lipinski definition) is 2. The number of aromatic nitrogens is 3. The van der Waals surface area contributed by atoms with Gasteiger partial charge in [-0.3, -0.25) is 0 Å². The molecule has 6 heteroatoms. The van der Waals surface area contributed by atoms with E-state index in [4.69, 9.17) is 0 Å². The van der Waals surface area contributed by atoms with Gasteiger partial charge in [-0.2, -0.15) is 5.10 Å². The van der Waals surface area contributed by atoms with E-state index in [0.717, 1.165) is 12.2 Å². The molecule has 4 rings (SSSR count). The largest absolute Gasteiger partial charge is 0.252 e. The molecular formula is C16H16F3N3. The van der Waals surface area contributed by atoms with Gasteiger partial charge in [-0.25, -0.2) is 22.8 Å². The van der Waals surface area contributed by atoms with E-state index in [9.17, 15) is 13.2 Å². The fraction of sp³-hybridized carbons (Fsp3) is 0.500. The Balaban J connectivity index is 1.65. The molecule has 1 aromatic heterocycles. The lowest BCUT2D eigenvalue weighted by Gasteiger charge is -2.13. The minimum Gasteiger partial charge on any atom is -0.242 e. The van der Waals surface area contributed by atoms with E-state index in [-0.39, 0.29) is 30.6 Å². The van der Waals surface area contributed by atoms with Crippen molar-refractivity contribution in [3.05, 3.63) is 47.3 Å². The predicted octanol–water partition coefficient (Wildman–Crippen LogP) is 3.71. The Kier molecular flexibility index (Phi) is 2.86. The van der Waals surface area contributed by atoms with E-state index in [0.29, 0.717) is 11.4 Å². The minimum absolute atomic E-state index is 0.0802. The summed E-state index contributed by atoms with van der Waals surface area (Å²) in [6.07, 6.45) is 0.850. The van der Waals surface area contributed by atoms with Crippen molar-refractivity contribution in [2.75, 3.05) is 0 Å². The summed E-state index contributed by atoms with van der Waals surface area (Å²) in [5, 5.41) is 4.39. The van der Waals surface area contributed by atoms with E-state index in [1.165, 1.54) is 6.07 Å². The molecular weight excluding hydrogens is 291 g/mol. The molecule has 116 valence electrons. The second kappa shape index (κ2) is 4.57. The van der Waals surface area contributed by atoms with Gasteiger partial charge in [0.05, 0.1) is 6.04 Å². The van der Waals surface area contributed by atoms with E-state index >= 15 is 0 Å². The maximum absolute atomic E-state index is 14.0. The lowest BCUT2D eigenvalue weighted by atomic mass is 10.00. The highest BCUT2D eigenvalue weighted by molar-refractivity contribution is 5.26. The molecule has 0 radical (unpaired) electrons. The third kappa shape index (κ3) is 2.12. The second-order valence-electron chi connectivity index (χ2n) is 6.37.